The highest BCUT2D eigenvalue weighted by molar-refractivity contribution is 7.80. The smallest absolute Gasteiger partial charge is 0.0877 e. The molecule has 1 nitrogen and oxygen atoms in total. The van der Waals surface area contributed by atoms with Gasteiger partial charge in [-0.2, -0.15) is 0 Å². The van der Waals surface area contributed by atoms with Gasteiger partial charge in [0, 0.05) is 11.6 Å². The van der Waals surface area contributed by atoms with E-state index < -0.39 is 0 Å². The Morgan fingerprint density at radius 2 is 1.67 bits per heavy atom. The van der Waals surface area contributed by atoms with Gasteiger partial charge in [-0.1, -0.05) is 66.3 Å². The molecular formula is C15H12ClNS. The summed E-state index contributed by atoms with van der Waals surface area (Å²) < 4.78 is 0. The number of benzene rings is 2. The topological polar surface area (TPSA) is 12.0 Å². The van der Waals surface area contributed by atoms with E-state index in [2.05, 4.69) is 29.6 Å². The van der Waals surface area contributed by atoms with Crippen molar-refractivity contribution in [1.29, 1.82) is 0 Å². The average molecular weight is 274 g/mol. The van der Waals surface area contributed by atoms with Crippen LogP contribution in [0.5, 0.6) is 0 Å². The third-order valence-electron chi connectivity index (χ3n) is 3.30. The van der Waals surface area contributed by atoms with Crippen LogP contribution in [-0.2, 0) is 6.54 Å². The maximum atomic E-state index is 6.30. The highest BCUT2D eigenvalue weighted by atomic mass is 35.5. The molecule has 2 aromatic rings. The van der Waals surface area contributed by atoms with E-state index in [0.29, 0.717) is 0 Å². The number of halogens is 1. The second-order valence-corrected chi connectivity index (χ2v) is 5.22. The second kappa shape index (κ2) is 4.71. The van der Waals surface area contributed by atoms with Crippen LogP contribution in [0.3, 0.4) is 0 Å². The molecule has 3 rings (SSSR count). The van der Waals surface area contributed by atoms with Crippen LogP contribution in [0.25, 0.3) is 0 Å². The number of nitrogens with one attached hydrogen (secondary N) is 1. The minimum absolute atomic E-state index is 0.0682. The summed E-state index contributed by atoms with van der Waals surface area (Å²) in [6.07, 6.45) is 0. The van der Waals surface area contributed by atoms with Gasteiger partial charge in [-0.3, -0.25) is 0 Å². The zero-order valence-electron chi connectivity index (χ0n) is 9.69. The molecule has 0 fully saturated rings. The van der Waals surface area contributed by atoms with Gasteiger partial charge in [0.1, 0.15) is 0 Å². The van der Waals surface area contributed by atoms with Crippen LogP contribution in [0.15, 0.2) is 48.5 Å². The van der Waals surface area contributed by atoms with Crippen LogP contribution >= 0.6 is 23.8 Å². The summed E-state index contributed by atoms with van der Waals surface area (Å²) in [5, 5.41) is 4.05. The molecule has 1 aliphatic heterocycles. The van der Waals surface area contributed by atoms with Crippen LogP contribution in [0.4, 0.5) is 0 Å². The number of hydrogen-bond acceptors (Lipinski definition) is 1. The van der Waals surface area contributed by atoms with Crippen molar-refractivity contribution >= 4 is 28.8 Å². The Hall–Kier alpha value is -1.38. The van der Waals surface area contributed by atoms with Gasteiger partial charge >= 0.3 is 0 Å². The van der Waals surface area contributed by atoms with E-state index in [1.54, 1.807) is 0 Å². The van der Waals surface area contributed by atoms with Gasteiger partial charge in [0.2, 0.25) is 0 Å². The number of thiocarbonyl (C=S) groups is 1. The van der Waals surface area contributed by atoms with Gasteiger partial charge in [-0.15, -0.1) is 0 Å². The molecule has 0 amide bonds. The first kappa shape index (κ1) is 11.7. The van der Waals surface area contributed by atoms with E-state index >= 15 is 0 Å². The Morgan fingerprint density at radius 3 is 2.44 bits per heavy atom. The summed E-state index contributed by atoms with van der Waals surface area (Å²) in [6, 6.07) is 16.3. The molecule has 1 heterocycles. The lowest BCUT2D eigenvalue weighted by Crippen LogP contribution is -2.33. The highest BCUT2D eigenvalue weighted by Crippen LogP contribution is 2.35. The summed E-state index contributed by atoms with van der Waals surface area (Å²) in [4.78, 5) is 0.849. The molecular weight excluding hydrogens is 262 g/mol. The Labute approximate surface area is 117 Å². The Kier molecular flexibility index (Phi) is 3.06. The van der Waals surface area contributed by atoms with Crippen LogP contribution in [0, 0.1) is 0 Å². The van der Waals surface area contributed by atoms with E-state index in [0.717, 1.165) is 22.1 Å². The molecule has 0 aromatic heterocycles. The lowest BCUT2D eigenvalue weighted by atomic mass is 9.85. The summed E-state index contributed by atoms with van der Waals surface area (Å²) in [7, 11) is 0. The molecule has 3 heteroatoms. The summed E-state index contributed by atoms with van der Waals surface area (Å²) in [5.41, 5.74) is 3.62. The SMILES string of the molecule is S=C1NCc2ccccc2C1c1ccccc1Cl. The van der Waals surface area contributed by atoms with Crippen molar-refractivity contribution in [2.45, 2.75) is 12.5 Å². The molecule has 18 heavy (non-hydrogen) atoms. The molecule has 1 aliphatic rings. The van der Waals surface area contributed by atoms with Crippen molar-refractivity contribution in [2.24, 2.45) is 0 Å². The predicted molar refractivity (Wildman–Crippen MR) is 79.2 cm³/mol. The predicted octanol–water partition coefficient (Wildman–Crippen LogP) is 3.90. The van der Waals surface area contributed by atoms with E-state index in [4.69, 9.17) is 23.8 Å². The molecule has 90 valence electrons. The van der Waals surface area contributed by atoms with Crippen molar-refractivity contribution in [3.05, 3.63) is 70.2 Å². The molecule has 0 saturated heterocycles. The van der Waals surface area contributed by atoms with Crippen LogP contribution in [0.2, 0.25) is 5.02 Å². The zero-order chi connectivity index (χ0) is 12.5. The maximum absolute atomic E-state index is 6.30. The van der Waals surface area contributed by atoms with Crippen molar-refractivity contribution in [1.82, 2.24) is 5.32 Å². The van der Waals surface area contributed by atoms with Crippen LogP contribution in [0.1, 0.15) is 22.6 Å². The zero-order valence-corrected chi connectivity index (χ0v) is 11.3. The Bertz CT molecular complexity index is 609. The maximum Gasteiger partial charge on any atom is 0.0877 e. The summed E-state index contributed by atoms with van der Waals surface area (Å²) >= 11 is 11.8. The molecule has 0 spiro atoms. The van der Waals surface area contributed by atoms with Gasteiger partial charge in [0.25, 0.3) is 0 Å². The van der Waals surface area contributed by atoms with E-state index in [1.807, 2.05) is 24.3 Å². The van der Waals surface area contributed by atoms with Gasteiger partial charge in [0.15, 0.2) is 0 Å². The largest absolute Gasteiger partial charge is 0.375 e. The van der Waals surface area contributed by atoms with Crippen molar-refractivity contribution in [3.63, 3.8) is 0 Å². The molecule has 0 saturated carbocycles. The molecule has 2 aromatic carbocycles. The molecule has 0 aliphatic carbocycles. The third-order valence-corrected chi connectivity index (χ3v) is 4.02. The average Bonchev–Trinajstić information content (AvgIpc) is 2.40. The number of fused-ring (bicyclic) bond motifs is 1. The number of hydrogen-bond donors (Lipinski definition) is 1. The van der Waals surface area contributed by atoms with E-state index in [-0.39, 0.29) is 5.92 Å². The quantitative estimate of drug-likeness (QED) is 0.791. The lowest BCUT2D eigenvalue weighted by Gasteiger charge is -2.28. The second-order valence-electron chi connectivity index (χ2n) is 4.37. The molecule has 1 N–H and O–H groups in total. The fraction of sp³-hybridized carbons (Fsp3) is 0.133. The standard InChI is InChI=1S/C15H12ClNS/c16-13-8-4-3-7-12(13)14-11-6-2-1-5-10(11)9-17-15(14)18/h1-8,14H,9H2,(H,17,18). The van der Waals surface area contributed by atoms with Crippen LogP contribution < -0.4 is 5.32 Å². The monoisotopic (exact) mass is 273 g/mol. The third kappa shape index (κ3) is 1.92. The van der Waals surface area contributed by atoms with Crippen molar-refractivity contribution in [3.8, 4) is 0 Å². The lowest BCUT2D eigenvalue weighted by molar-refractivity contribution is 0.822. The van der Waals surface area contributed by atoms with E-state index in [1.165, 1.54) is 11.1 Å². The van der Waals surface area contributed by atoms with Gasteiger partial charge in [-0.25, -0.2) is 0 Å². The Balaban J connectivity index is 2.17. The molecule has 0 radical (unpaired) electrons. The molecule has 1 atom stereocenters. The minimum atomic E-state index is 0.0682. The number of rotatable bonds is 1. The van der Waals surface area contributed by atoms with Gasteiger partial charge < -0.3 is 5.32 Å². The minimum Gasteiger partial charge on any atom is -0.375 e. The summed E-state index contributed by atoms with van der Waals surface area (Å²) in [5.74, 6) is 0.0682. The van der Waals surface area contributed by atoms with E-state index in [9.17, 15) is 0 Å². The van der Waals surface area contributed by atoms with Gasteiger partial charge in [0.05, 0.1) is 10.9 Å². The van der Waals surface area contributed by atoms with Crippen molar-refractivity contribution < 1.29 is 0 Å². The molecule has 0 bridgehead atoms. The fourth-order valence-corrected chi connectivity index (χ4v) is 2.99. The molecule has 1 unspecified atom stereocenters. The first-order chi connectivity index (χ1) is 8.77. The van der Waals surface area contributed by atoms with Crippen molar-refractivity contribution in [2.75, 3.05) is 0 Å². The van der Waals surface area contributed by atoms with Gasteiger partial charge in [-0.05, 0) is 22.8 Å². The van der Waals surface area contributed by atoms with Crippen LogP contribution in [-0.4, -0.2) is 4.99 Å². The Morgan fingerprint density at radius 1 is 1.00 bits per heavy atom. The first-order valence-corrected chi connectivity index (χ1v) is 6.66. The highest BCUT2D eigenvalue weighted by Gasteiger charge is 2.26. The normalized spacial score (nSPS) is 18.1. The first-order valence-electron chi connectivity index (χ1n) is 5.87. The summed E-state index contributed by atoms with van der Waals surface area (Å²) in [6.45, 7) is 0.802. The fourth-order valence-electron chi connectivity index (χ4n) is 2.42.